The highest BCUT2D eigenvalue weighted by molar-refractivity contribution is 5.59. The first-order valence-electron chi connectivity index (χ1n) is 6.38. The second-order valence-corrected chi connectivity index (χ2v) is 4.85. The maximum atomic E-state index is 9.03. The van der Waals surface area contributed by atoms with E-state index in [1.54, 1.807) is 0 Å². The number of aliphatic hydroxyl groups excluding tert-OH is 1. The average molecular weight is 234 g/mol. The molecule has 2 rings (SSSR count). The quantitative estimate of drug-likeness (QED) is 0.831. The molecule has 0 radical (unpaired) electrons. The van der Waals surface area contributed by atoms with E-state index < -0.39 is 0 Å². The van der Waals surface area contributed by atoms with Crippen molar-refractivity contribution in [3.8, 4) is 0 Å². The maximum absolute atomic E-state index is 9.03. The molecular formula is C14H22N2O. The van der Waals surface area contributed by atoms with Gasteiger partial charge in [0.2, 0.25) is 0 Å². The summed E-state index contributed by atoms with van der Waals surface area (Å²) in [4.78, 5) is 2.45. The van der Waals surface area contributed by atoms with Crippen LogP contribution in [0.1, 0.15) is 17.5 Å². The highest BCUT2D eigenvalue weighted by Crippen LogP contribution is 2.25. The van der Waals surface area contributed by atoms with Crippen molar-refractivity contribution in [3.05, 3.63) is 29.3 Å². The Labute approximate surface area is 103 Å². The first-order valence-corrected chi connectivity index (χ1v) is 6.38. The van der Waals surface area contributed by atoms with E-state index in [0.29, 0.717) is 6.04 Å². The summed E-state index contributed by atoms with van der Waals surface area (Å²) in [5.74, 6) is 0. The lowest BCUT2D eigenvalue weighted by molar-refractivity contribution is 0.260. The molecule has 1 aromatic rings. The van der Waals surface area contributed by atoms with Gasteiger partial charge in [-0.3, -0.25) is 0 Å². The molecule has 3 heteroatoms. The largest absolute Gasteiger partial charge is 0.396 e. The van der Waals surface area contributed by atoms with Crippen LogP contribution < -0.4 is 10.2 Å². The molecule has 1 aliphatic rings. The smallest absolute Gasteiger partial charge is 0.0446 e. The SMILES string of the molecule is Cc1cccc(C)c1N1CCNC(CCO)C1. The first-order chi connectivity index (χ1) is 8.22. The van der Waals surface area contributed by atoms with Crippen LogP contribution in [-0.4, -0.2) is 37.4 Å². The van der Waals surface area contributed by atoms with E-state index in [9.17, 15) is 0 Å². The molecule has 1 aromatic carbocycles. The number of piperazine rings is 1. The zero-order valence-corrected chi connectivity index (χ0v) is 10.7. The van der Waals surface area contributed by atoms with Gasteiger partial charge in [0.25, 0.3) is 0 Å². The highest BCUT2D eigenvalue weighted by atomic mass is 16.3. The van der Waals surface area contributed by atoms with Gasteiger partial charge in [-0.2, -0.15) is 0 Å². The fraction of sp³-hybridized carbons (Fsp3) is 0.571. The van der Waals surface area contributed by atoms with Gasteiger partial charge in [-0.05, 0) is 31.4 Å². The fourth-order valence-corrected chi connectivity index (χ4v) is 2.68. The van der Waals surface area contributed by atoms with Gasteiger partial charge in [0.15, 0.2) is 0 Å². The van der Waals surface area contributed by atoms with Crippen molar-refractivity contribution in [2.45, 2.75) is 26.3 Å². The van der Waals surface area contributed by atoms with Crippen LogP contribution in [-0.2, 0) is 0 Å². The Morgan fingerprint density at radius 1 is 1.35 bits per heavy atom. The van der Waals surface area contributed by atoms with Crippen LogP contribution in [0.5, 0.6) is 0 Å². The topological polar surface area (TPSA) is 35.5 Å². The van der Waals surface area contributed by atoms with Crippen molar-refractivity contribution < 1.29 is 5.11 Å². The van der Waals surface area contributed by atoms with Gasteiger partial charge in [0.1, 0.15) is 0 Å². The molecule has 1 saturated heterocycles. The summed E-state index contributed by atoms with van der Waals surface area (Å²) in [5, 5.41) is 12.5. The molecule has 1 atom stereocenters. The van der Waals surface area contributed by atoms with Crippen LogP contribution in [0.4, 0.5) is 5.69 Å². The highest BCUT2D eigenvalue weighted by Gasteiger charge is 2.20. The Balaban J connectivity index is 2.16. The number of nitrogens with one attached hydrogen (secondary N) is 1. The average Bonchev–Trinajstić information content (AvgIpc) is 2.30. The summed E-state index contributed by atoms with van der Waals surface area (Å²) in [5.41, 5.74) is 4.06. The number of aliphatic hydroxyl groups is 1. The molecule has 1 heterocycles. The van der Waals surface area contributed by atoms with Crippen LogP contribution in [0.3, 0.4) is 0 Å². The second-order valence-electron chi connectivity index (χ2n) is 4.85. The molecule has 0 aromatic heterocycles. The predicted octanol–water partition coefficient (Wildman–Crippen LogP) is 1.46. The number of benzene rings is 1. The lowest BCUT2D eigenvalue weighted by Gasteiger charge is -2.36. The number of para-hydroxylation sites is 1. The number of anilines is 1. The van der Waals surface area contributed by atoms with Gasteiger partial charge in [0.05, 0.1) is 0 Å². The Kier molecular flexibility index (Phi) is 4.02. The van der Waals surface area contributed by atoms with Gasteiger partial charge >= 0.3 is 0 Å². The molecule has 1 fully saturated rings. The summed E-state index contributed by atoms with van der Waals surface area (Å²) in [6, 6.07) is 6.87. The van der Waals surface area contributed by atoms with Crippen molar-refractivity contribution in [1.82, 2.24) is 5.32 Å². The zero-order chi connectivity index (χ0) is 12.3. The van der Waals surface area contributed by atoms with Crippen LogP contribution in [0.2, 0.25) is 0 Å². The van der Waals surface area contributed by atoms with Crippen molar-refractivity contribution in [1.29, 1.82) is 0 Å². The van der Waals surface area contributed by atoms with E-state index in [1.807, 2.05) is 0 Å². The summed E-state index contributed by atoms with van der Waals surface area (Å²) in [6.07, 6.45) is 0.835. The molecule has 0 spiro atoms. The molecule has 1 aliphatic heterocycles. The minimum atomic E-state index is 0.262. The molecule has 94 valence electrons. The third kappa shape index (κ3) is 2.79. The molecule has 0 bridgehead atoms. The molecule has 2 N–H and O–H groups in total. The fourth-order valence-electron chi connectivity index (χ4n) is 2.68. The van der Waals surface area contributed by atoms with Gasteiger partial charge in [-0.15, -0.1) is 0 Å². The summed E-state index contributed by atoms with van der Waals surface area (Å²) in [6.45, 7) is 7.65. The third-order valence-corrected chi connectivity index (χ3v) is 3.49. The lowest BCUT2D eigenvalue weighted by atomic mass is 10.0. The molecule has 17 heavy (non-hydrogen) atoms. The van der Waals surface area contributed by atoms with Gasteiger partial charge in [0, 0.05) is 38.0 Å². The number of hydrogen-bond acceptors (Lipinski definition) is 3. The van der Waals surface area contributed by atoms with Crippen LogP contribution >= 0.6 is 0 Å². The van der Waals surface area contributed by atoms with Crippen LogP contribution in [0.15, 0.2) is 18.2 Å². The summed E-state index contributed by atoms with van der Waals surface area (Å²) < 4.78 is 0. The van der Waals surface area contributed by atoms with Crippen molar-refractivity contribution >= 4 is 5.69 Å². The Morgan fingerprint density at radius 2 is 2.06 bits per heavy atom. The van der Waals surface area contributed by atoms with Gasteiger partial charge in [-0.25, -0.2) is 0 Å². The van der Waals surface area contributed by atoms with Crippen molar-refractivity contribution in [2.24, 2.45) is 0 Å². The summed E-state index contributed by atoms with van der Waals surface area (Å²) in [7, 11) is 0. The predicted molar refractivity (Wildman–Crippen MR) is 71.6 cm³/mol. The number of rotatable bonds is 3. The Hall–Kier alpha value is -1.06. The molecule has 0 saturated carbocycles. The molecule has 1 unspecified atom stereocenters. The molecule has 0 aliphatic carbocycles. The van der Waals surface area contributed by atoms with Crippen LogP contribution in [0, 0.1) is 13.8 Å². The van der Waals surface area contributed by atoms with E-state index >= 15 is 0 Å². The van der Waals surface area contributed by atoms with Crippen LogP contribution in [0.25, 0.3) is 0 Å². The minimum absolute atomic E-state index is 0.262. The van der Waals surface area contributed by atoms with Gasteiger partial charge in [-0.1, -0.05) is 18.2 Å². The molecule has 0 amide bonds. The minimum Gasteiger partial charge on any atom is -0.396 e. The number of hydrogen-bond donors (Lipinski definition) is 2. The van der Waals surface area contributed by atoms with Gasteiger partial charge < -0.3 is 15.3 Å². The summed E-state index contributed by atoms with van der Waals surface area (Å²) >= 11 is 0. The monoisotopic (exact) mass is 234 g/mol. The molecule has 3 nitrogen and oxygen atoms in total. The number of nitrogens with zero attached hydrogens (tertiary/aromatic N) is 1. The van der Waals surface area contributed by atoms with Crippen molar-refractivity contribution in [3.63, 3.8) is 0 Å². The van der Waals surface area contributed by atoms with Crippen molar-refractivity contribution in [2.75, 3.05) is 31.1 Å². The van der Waals surface area contributed by atoms with E-state index in [1.165, 1.54) is 16.8 Å². The first kappa shape index (κ1) is 12.4. The normalized spacial score (nSPS) is 20.6. The van der Waals surface area contributed by atoms with E-state index in [-0.39, 0.29) is 6.61 Å². The Bertz CT molecular complexity index is 356. The lowest BCUT2D eigenvalue weighted by Crippen LogP contribution is -2.51. The van der Waals surface area contributed by atoms with E-state index in [4.69, 9.17) is 5.11 Å². The number of aryl methyl sites for hydroxylation is 2. The third-order valence-electron chi connectivity index (χ3n) is 3.49. The maximum Gasteiger partial charge on any atom is 0.0446 e. The second kappa shape index (κ2) is 5.52. The zero-order valence-electron chi connectivity index (χ0n) is 10.7. The van der Waals surface area contributed by atoms with E-state index in [0.717, 1.165) is 26.1 Å². The van der Waals surface area contributed by atoms with E-state index in [2.05, 4.69) is 42.3 Å². The standard InChI is InChI=1S/C14H22N2O/c1-11-4-3-5-12(2)14(11)16-8-7-15-13(10-16)6-9-17/h3-5,13,15,17H,6-10H2,1-2H3. The molecular weight excluding hydrogens is 212 g/mol. The Morgan fingerprint density at radius 3 is 2.71 bits per heavy atom.